The zero-order chi connectivity index (χ0) is 15.2. The normalized spacial score (nSPS) is 16.5. The molecule has 1 aliphatic heterocycles. The minimum Gasteiger partial charge on any atom is -0.369 e. The molecule has 0 saturated carbocycles. The highest BCUT2D eigenvalue weighted by Gasteiger charge is 2.20. The summed E-state index contributed by atoms with van der Waals surface area (Å²) in [5.41, 5.74) is 7.08. The summed E-state index contributed by atoms with van der Waals surface area (Å²) in [6, 6.07) is 7.65. The maximum atomic E-state index is 12.5. The van der Waals surface area contributed by atoms with E-state index in [4.69, 9.17) is 5.73 Å². The molecule has 2 N–H and O–H groups in total. The van der Waals surface area contributed by atoms with Crippen LogP contribution in [0.1, 0.15) is 22.3 Å². The maximum Gasteiger partial charge on any atom is 0.253 e. The lowest BCUT2D eigenvalue weighted by Crippen LogP contribution is -2.38. The first-order valence-electron chi connectivity index (χ1n) is 7.05. The molecule has 21 heavy (non-hydrogen) atoms. The van der Waals surface area contributed by atoms with Gasteiger partial charge in [0.2, 0.25) is 5.91 Å². The monoisotopic (exact) mass is 353 g/mol. The van der Waals surface area contributed by atoms with Crippen LogP contribution < -0.4 is 5.73 Å². The number of halogens is 1. The number of amides is 2. The van der Waals surface area contributed by atoms with Crippen molar-refractivity contribution in [1.82, 2.24) is 9.80 Å². The molecule has 0 atom stereocenters. The molecule has 1 aromatic rings. The van der Waals surface area contributed by atoms with Crippen molar-refractivity contribution in [3.05, 3.63) is 35.4 Å². The number of carbonyl (C=O) groups excluding carboxylic acids is 2. The predicted octanol–water partition coefficient (Wildman–Crippen LogP) is 1.21. The van der Waals surface area contributed by atoms with E-state index in [1.165, 1.54) is 0 Å². The summed E-state index contributed by atoms with van der Waals surface area (Å²) in [6.07, 6.45) is 0.860. The first-order valence-corrected chi connectivity index (χ1v) is 8.17. The molecule has 1 aromatic carbocycles. The number of hydrogen-bond donors (Lipinski definition) is 1. The second-order valence-corrected chi connectivity index (χ2v) is 5.78. The zero-order valence-corrected chi connectivity index (χ0v) is 13.5. The minimum atomic E-state index is -0.319. The number of carbonyl (C=O) groups is 2. The molecule has 0 aliphatic carbocycles. The number of alkyl halides is 1. The molecule has 1 aliphatic rings. The standard InChI is InChI=1S/C15H20BrN3O2/c16-10-12-2-4-13(5-3-12)15(21)19-7-1-6-18(8-9-19)11-14(17)20/h2-5H,1,6-11H2,(H2,17,20). The van der Waals surface area contributed by atoms with Gasteiger partial charge in [0.05, 0.1) is 6.54 Å². The third-order valence-corrected chi connectivity index (χ3v) is 4.26. The molecule has 0 bridgehead atoms. The van der Waals surface area contributed by atoms with Gasteiger partial charge in [-0.3, -0.25) is 14.5 Å². The van der Waals surface area contributed by atoms with E-state index in [1.807, 2.05) is 34.1 Å². The Hall–Kier alpha value is -1.40. The SMILES string of the molecule is NC(=O)CN1CCCN(C(=O)c2ccc(CBr)cc2)CC1. The summed E-state index contributed by atoms with van der Waals surface area (Å²) in [5, 5.41) is 0.785. The molecule has 114 valence electrons. The van der Waals surface area contributed by atoms with Gasteiger partial charge in [-0.2, -0.15) is 0 Å². The first-order chi connectivity index (χ1) is 10.1. The van der Waals surface area contributed by atoms with Crippen molar-refractivity contribution in [2.75, 3.05) is 32.7 Å². The minimum absolute atomic E-state index is 0.0528. The van der Waals surface area contributed by atoms with Crippen LogP contribution in [-0.4, -0.2) is 54.3 Å². The quantitative estimate of drug-likeness (QED) is 0.827. The molecule has 0 radical (unpaired) electrons. The summed E-state index contributed by atoms with van der Waals surface area (Å²) in [5.74, 6) is -0.266. The smallest absolute Gasteiger partial charge is 0.253 e. The number of nitrogens with zero attached hydrogens (tertiary/aromatic N) is 2. The second-order valence-electron chi connectivity index (χ2n) is 5.22. The summed E-state index contributed by atoms with van der Waals surface area (Å²) in [4.78, 5) is 27.3. The van der Waals surface area contributed by atoms with Gasteiger partial charge in [0.1, 0.15) is 0 Å². The second kappa shape index (κ2) is 7.56. The van der Waals surface area contributed by atoms with Crippen LogP contribution in [0.4, 0.5) is 0 Å². The largest absolute Gasteiger partial charge is 0.369 e. The fourth-order valence-corrected chi connectivity index (χ4v) is 2.85. The number of rotatable bonds is 4. The van der Waals surface area contributed by atoms with Gasteiger partial charge >= 0.3 is 0 Å². The zero-order valence-electron chi connectivity index (χ0n) is 11.9. The van der Waals surface area contributed by atoms with Crippen molar-refractivity contribution >= 4 is 27.7 Å². The Morgan fingerprint density at radius 3 is 2.43 bits per heavy atom. The summed E-state index contributed by atoms with van der Waals surface area (Å²) in [7, 11) is 0. The van der Waals surface area contributed by atoms with Gasteiger partial charge in [-0.15, -0.1) is 0 Å². The molecular weight excluding hydrogens is 334 g/mol. The van der Waals surface area contributed by atoms with Crippen LogP contribution in [0.25, 0.3) is 0 Å². The number of nitrogens with two attached hydrogens (primary N) is 1. The molecule has 0 spiro atoms. The van der Waals surface area contributed by atoms with Crippen LogP contribution in [0, 0.1) is 0 Å². The molecule has 6 heteroatoms. The van der Waals surface area contributed by atoms with Gasteiger partial charge in [0.15, 0.2) is 0 Å². The lowest BCUT2D eigenvalue weighted by atomic mass is 10.1. The van der Waals surface area contributed by atoms with Gasteiger partial charge in [0, 0.05) is 37.1 Å². The molecule has 5 nitrogen and oxygen atoms in total. The number of benzene rings is 1. The van der Waals surface area contributed by atoms with Crippen molar-refractivity contribution in [2.24, 2.45) is 5.73 Å². The number of hydrogen-bond acceptors (Lipinski definition) is 3. The van der Waals surface area contributed by atoms with E-state index >= 15 is 0 Å². The third kappa shape index (κ3) is 4.54. The Labute approximate surface area is 133 Å². The highest BCUT2D eigenvalue weighted by molar-refractivity contribution is 9.08. The van der Waals surface area contributed by atoms with Gasteiger partial charge in [-0.05, 0) is 24.1 Å². The van der Waals surface area contributed by atoms with E-state index < -0.39 is 0 Å². The topological polar surface area (TPSA) is 66.6 Å². The number of primary amides is 1. The average molecular weight is 354 g/mol. The summed E-state index contributed by atoms with van der Waals surface area (Å²) >= 11 is 3.39. The molecule has 0 aromatic heterocycles. The lowest BCUT2D eigenvalue weighted by molar-refractivity contribution is -0.119. The summed E-state index contributed by atoms with van der Waals surface area (Å²) in [6.45, 7) is 3.10. The molecule has 1 heterocycles. The van der Waals surface area contributed by atoms with Crippen molar-refractivity contribution in [3.8, 4) is 0 Å². The van der Waals surface area contributed by atoms with Crippen LogP contribution in [0.15, 0.2) is 24.3 Å². The van der Waals surface area contributed by atoms with E-state index in [9.17, 15) is 9.59 Å². The maximum absolute atomic E-state index is 12.5. The van der Waals surface area contributed by atoms with Crippen molar-refractivity contribution in [1.29, 1.82) is 0 Å². The van der Waals surface area contributed by atoms with Crippen molar-refractivity contribution < 1.29 is 9.59 Å². The first kappa shape index (κ1) is 16.0. The van der Waals surface area contributed by atoms with Gasteiger partial charge < -0.3 is 10.6 Å². The van der Waals surface area contributed by atoms with E-state index in [1.54, 1.807) is 0 Å². The van der Waals surface area contributed by atoms with Gasteiger partial charge in [0.25, 0.3) is 5.91 Å². The molecule has 1 fully saturated rings. The third-order valence-electron chi connectivity index (χ3n) is 3.61. The van der Waals surface area contributed by atoms with E-state index in [0.717, 1.165) is 23.9 Å². The van der Waals surface area contributed by atoms with Crippen LogP contribution in [0.2, 0.25) is 0 Å². The summed E-state index contributed by atoms with van der Waals surface area (Å²) < 4.78 is 0. The highest BCUT2D eigenvalue weighted by atomic mass is 79.9. The predicted molar refractivity (Wildman–Crippen MR) is 85.2 cm³/mol. The van der Waals surface area contributed by atoms with E-state index in [0.29, 0.717) is 25.2 Å². The molecular formula is C15H20BrN3O2. The van der Waals surface area contributed by atoms with Gasteiger partial charge in [-0.1, -0.05) is 28.1 Å². The van der Waals surface area contributed by atoms with Crippen LogP contribution in [0.5, 0.6) is 0 Å². The lowest BCUT2D eigenvalue weighted by Gasteiger charge is -2.21. The van der Waals surface area contributed by atoms with E-state index in [-0.39, 0.29) is 18.4 Å². The van der Waals surface area contributed by atoms with Crippen LogP contribution in [0.3, 0.4) is 0 Å². The molecule has 2 rings (SSSR count). The Morgan fingerprint density at radius 1 is 1.10 bits per heavy atom. The highest BCUT2D eigenvalue weighted by Crippen LogP contribution is 2.12. The van der Waals surface area contributed by atoms with Crippen molar-refractivity contribution in [2.45, 2.75) is 11.8 Å². The Kier molecular flexibility index (Phi) is 5.76. The van der Waals surface area contributed by atoms with E-state index in [2.05, 4.69) is 15.9 Å². The Morgan fingerprint density at radius 2 is 1.81 bits per heavy atom. The Bertz CT molecular complexity index is 504. The van der Waals surface area contributed by atoms with Crippen LogP contribution >= 0.6 is 15.9 Å². The van der Waals surface area contributed by atoms with Crippen LogP contribution in [-0.2, 0) is 10.1 Å². The molecule has 1 saturated heterocycles. The Balaban J connectivity index is 1.97. The fourth-order valence-electron chi connectivity index (χ4n) is 2.47. The van der Waals surface area contributed by atoms with Crippen molar-refractivity contribution in [3.63, 3.8) is 0 Å². The fraction of sp³-hybridized carbons (Fsp3) is 0.467. The average Bonchev–Trinajstić information content (AvgIpc) is 2.71. The molecule has 2 amide bonds. The molecule has 0 unspecified atom stereocenters. The van der Waals surface area contributed by atoms with Gasteiger partial charge in [-0.25, -0.2) is 0 Å².